The van der Waals surface area contributed by atoms with Crippen molar-refractivity contribution in [2.45, 2.75) is 17.9 Å². The lowest BCUT2D eigenvalue weighted by atomic mass is 10.2. The molecular formula is C18H19N5O4S. The molecule has 1 atom stereocenters. The summed E-state index contributed by atoms with van der Waals surface area (Å²) in [4.78, 5) is 22.2. The van der Waals surface area contributed by atoms with E-state index in [1.165, 1.54) is 10.5 Å². The molecule has 0 unspecified atom stereocenters. The van der Waals surface area contributed by atoms with E-state index in [-0.39, 0.29) is 29.7 Å². The third-order valence-corrected chi connectivity index (χ3v) is 6.73. The van der Waals surface area contributed by atoms with Crippen LogP contribution in [0, 0.1) is 0 Å². The van der Waals surface area contributed by atoms with Gasteiger partial charge in [0.25, 0.3) is 0 Å². The van der Waals surface area contributed by atoms with Gasteiger partial charge in [-0.1, -0.05) is 18.2 Å². The first-order chi connectivity index (χ1) is 13.4. The molecule has 0 bridgehead atoms. The second-order valence-corrected chi connectivity index (χ2v) is 8.56. The molecule has 3 aromatic rings. The summed E-state index contributed by atoms with van der Waals surface area (Å²) in [7, 11) is -3.59. The van der Waals surface area contributed by atoms with Crippen molar-refractivity contribution in [1.82, 2.24) is 19.0 Å². The van der Waals surface area contributed by atoms with Gasteiger partial charge in [0.2, 0.25) is 10.0 Å². The number of sulfonamides is 1. The van der Waals surface area contributed by atoms with Crippen molar-refractivity contribution in [2.24, 2.45) is 0 Å². The largest absolute Gasteiger partial charge is 0.422 e. The molecule has 3 heterocycles. The highest BCUT2D eigenvalue weighted by molar-refractivity contribution is 7.89. The van der Waals surface area contributed by atoms with Crippen LogP contribution in [0.2, 0.25) is 0 Å². The highest BCUT2D eigenvalue weighted by Gasteiger charge is 2.33. The lowest BCUT2D eigenvalue weighted by Gasteiger charge is -2.40. The van der Waals surface area contributed by atoms with Gasteiger partial charge in [-0.15, -0.1) is 4.73 Å². The predicted molar refractivity (Wildman–Crippen MR) is 103 cm³/mol. The van der Waals surface area contributed by atoms with Gasteiger partial charge in [-0.05, 0) is 31.2 Å². The zero-order valence-electron chi connectivity index (χ0n) is 15.1. The van der Waals surface area contributed by atoms with Crippen LogP contribution < -0.4 is 10.6 Å². The summed E-state index contributed by atoms with van der Waals surface area (Å²) >= 11 is 0. The van der Waals surface area contributed by atoms with Gasteiger partial charge in [0, 0.05) is 31.9 Å². The van der Waals surface area contributed by atoms with Gasteiger partial charge in [0.15, 0.2) is 5.65 Å². The van der Waals surface area contributed by atoms with Crippen LogP contribution in [0.3, 0.4) is 0 Å². The SMILES string of the molecule is C[C@@H]1CN(S(=O)(=O)c2ccccc2)CCN1c1nc(=O)n(O)c2ncccc12. The Balaban J connectivity index is 1.67. The van der Waals surface area contributed by atoms with Crippen LogP contribution in [0.1, 0.15) is 6.92 Å². The lowest BCUT2D eigenvalue weighted by Crippen LogP contribution is -2.54. The highest BCUT2D eigenvalue weighted by atomic mass is 32.2. The van der Waals surface area contributed by atoms with E-state index in [4.69, 9.17) is 0 Å². The van der Waals surface area contributed by atoms with Gasteiger partial charge in [0.05, 0.1) is 10.3 Å². The molecule has 1 aliphatic heterocycles. The molecular weight excluding hydrogens is 382 g/mol. The van der Waals surface area contributed by atoms with Crippen molar-refractivity contribution < 1.29 is 13.6 Å². The number of pyridine rings is 1. The molecule has 1 fully saturated rings. The van der Waals surface area contributed by atoms with Crippen molar-refractivity contribution in [3.05, 3.63) is 59.1 Å². The Kier molecular flexibility index (Phi) is 4.52. The zero-order valence-corrected chi connectivity index (χ0v) is 16.0. The number of nitrogens with zero attached hydrogens (tertiary/aromatic N) is 5. The quantitative estimate of drug-likeness (QED) is 0.650. The van der Waals surface area contributed by atoms with E-state index in [0.29, 0.717) is 22.5 Å². The minimum atomic E-state index is -3.59. The minimum absolute atomic E-state index is 0.115. The van der Waals surface area contributed by atoms with E-state index in [9.17, 15) is 18.4 Å². The summed E-state index contributed by atoms with van der Waals surface area (Å²) in [6.07, 6.45) is 1.48. The molecule has 0 spiro atoms. The lowest BCUT2D eigenvalue weighted by molar-refractivity contribution is 0.182. The molecule has 9 nitrogen and oxygen atoms in total. The first-order valence-corrected chi connectivity index (χ1v) is 10.2. The molecule has 0 aliphatic carbocycles. The van der Waals surface area contributed by atoms with Gasteiger partial charge in [-0.2, -0.15) is 9.29 Å². The number of fused-ring (bicyclic) bond motifs is 1. The summed E-state index contributed by atoms with van der Waals surface area (Å²) in [6, 6.07) is 11.5. The number of piperazine rings is 1. The summed E-state index contributed by atoms with van der Waals surface area (Å²) in [5, 5.41) is 10.4. The van der Waals surface area contributed by atoms with Crippen LogP contribution in [-0.4, -0.2) is 58.3 Å². The second kappa shape index (κ2) is 6.88. The Hall–Kier alpha value is -2.98. The second-order valence-electron chi connectivity index (χ2n) is 6.62. The standard InChI is InChI=1S/C18H19N5O4S/c1-13-12-21(28(26,27)14-6-3-2-4-7-14)10-11-22(13)17-15-8-5-9-19-16(15)23(25)18(24)20-17/h2-9,13,25H,10-12H2,1H3/t13-/m1/s1. The fourth-order valence-electron chi connectivity index (χ4n) is 3.45. The van der Waals surface area contributed by atoms with Crippen molar-refractivity contribution in [3.63, 3.8) is 0 Å². The molecule has 28 heavy (non-hydrogen) atoms. The van der Waals surface area contributed by atoms with E-state index in [1.807, 2.05) is 11.8 Å². The molecule has 0 saturated carbocycles. The average molecular weight is 401 g/mol. The fraction of sp³-hybridized carbons (Fsp3) is 0.278. The van der Waals surface area contributed by atoms with Crippen LogP contribution in [0.4, 0.5) is 5.82 Å². The van der Waals surface area contributed by atoms with Gasteiger partial charge in [-0.25, -0.2) is 18.2 Å². The summed E-state index contributed by atoms with van der Waals surface area (Å²) in [5.74, 6) is 0.391. The molecule has 1 aromatic carbocycles. The van der Waals surface area contributed by atoms with E-state index < -0.39 is 15.7 Å². The van der Waals surface area contributed by atoms with Crippen molar-refractivity contribution in [3.8, 4) is 0 Å². The van der Waals surface area contributed by atoms with Crippen LogP contribution in [0.5, 0.6) is 0 Å². The van der Waals surface area contributed by atoms with Gasteiger partial charge in [0.1, 0.15) is 5.82 Å². The summed E-state index contributed by atoms with van der Waals surface area (Å²) < 4.78 is 27.6. The molecule has 1 aliphatic rings. The molecule has 4 rings (SSSR count). The third-order valence-electron chi connectivity index (χ3n) is 4.85. The number of rotatable bonds is 3. The van der Waals surface area contributed by atoms with Crippen molar-refractivity contribution in [2.75, 3.05) is 24.5 Å². The van der Waals surface area contributed by atoms with Crippen molar-refractivity contribution >= 4 is 26.9 Å². The summed E-state index contributed by atoms with van der Waals surface area (Å²) in [5.41, 5.74) is -0.711. The Labute approximate surface area is 161 Å². The van der Waals surface area contributed by atoms with E-state index in [2.05, 4.69) is 9.97 Å². The fourth-order valence-corrected chi connectivity index (χ4v) is 4.98. The first-order valence-electron chi connectivity index (χ1n) is 8.78. The Bertz CT molecular complexity index is 1180. The van der Waals surface area contributed by atoms with Crippen LogP contribution >= 0.6 is 0 Å². The van der Waals surface area contributed by atoms with E-state index in [1.54, 1.807) is 42.5 Å². The first kappa shape index (κ1) is 18.4. The number of hydrogen-bond acceptors (Lipinski definition) is 7. The van der Waals surface area contributed by atoms with Gasteiger partial charge in [-0.3, -0.25) is 0 Å². The summed E-state index contributed by atoms with van der Waals surface area (Å²) in [6.45, 7) is 2.75. The predicted octanol–water partition coefficient (Wildman–Crippen LogP) is 0.928. The number of hydrogen-bond donors (Lipinski definition) is 1. The Morgan fingerprint density at radius 2 is 1.86 bits per heavy atom. The monoisotopic (exact) mass is 401 g/mol. The highest BCUT2D eigenvalue weighted by Crippen LogP contribution is 2.27. The maximum atomic E-state index is 12.9. The number of aromatic nitrogens is 3. The van der Waals surface area contributed by atoms with E-state index in [0.717, 1.165) is 0 Å². The molecule has 0 amide bonds. The van der Waals surface area contributed by atoms with Gasteiger partial charge >= 0.3 is 5.69 Å². The average Bonchev–Trinajstić information content (AvgIpc) is 2.71. The Morgan fingerprint density at radius 3 is 2.57 bits per heavy atom. The third kappa shape index (κ3) is 3.00. The molecule has 10 heteroatoms. The molecule has 0 radical (unpaired) electrons. The Morgan fingerprint density at radius 1 is 1.11 bits per heavy atom. The van der Waals surface area contributed by atoms with Crippen LogP contribution in [0.25, 0.3) is 11.0 Å². The van der Waals surface area contributed by atoms with E-state index >= 15 is 0 Å². The molecule has 1 N–H and O–H groups in total. The van der Waals surface area contributed by atoms with Crippen LogP contribution in [0.15, 0.2) is 58.4 Å². The molecule has 146 valence electrons. The normalized spacial score (nSPS) is 18.5. The number of anilines is 1. The zero-order chi connectivity index (χ0) is 19.9. The number of benzene rings is 1. The van der Waals surface area contributed by atoms with Gasteiger partial charge < -0.3 is 10.1 Å². The molecule has 2 aromatic heterocycles. The smallest absolute Gasteiger partial charge is 0.384 e. The maximum absolute atomic E-state index is 12.9. The molecule has 1 saturated heterocycles. The van der Waals surface area contributed by atoms with Crippen molar-refractivity contribution in [1.29, 1.82) is 0 Å². The maximum Gasteiger partial charge on any atom is 0.384 e. The topological polar surface area (TPSA) is 109 Å². The minimum Gasteiger partial charge on any atom is -0.422 e. The van der Waals surface area contributed by atoms with Crippen LogP contribution in [-0.2, 0) is 10.0 Å².